The van der Waals surface area contributed by atoms with Gasteiger partial charge in [-0.05, 0) is 0 Å². The summed E-state index contributed by atoms with van der Waals surface area (Å²) in [5.41, 5.74) is 9.46. The minimum absolute atomic E-state index is 0. The van der Waals surface area contributed by atoms with E-state index in [4.69, 9.17) is 0 Å². The molecular weight excluding hydrogens is 416 g/mol. The molecule has 4 heteroatoms. The van der Waals surface area contributed by atoms with E-state index in [1.165, 1.54) is 22.9 Å². The van der Waals surface area contributed by atoms with Crippen LogP contribution in [0.1, 0.15) is 39.7 Å². The third-order valence-corrected chi connectivity index (χ3v) is 11.9. The summed E-state index contributed by atoms with van der Waals surface area (Å²) in [4.78, 5) is 3.77. The Balaban J connectivity index is 0.00000104. The van der Waals surface area contributed by atoms with Crippen molar-refractivity contribution in [3.05, 3.63) is 52.1 Å². The maximum atomic E-state index is 3.77. The average Bonchev–Trinajstić information content (AvgIpc) is 2.90. The van der Waals surface area contributed by atoms with Gasteiger partial charge in [-0.25, -0.2) is 0 Å². The van der Waals surface area contributed by atoms with Crippen LogP contribution in [-0.2, 0) is 23.2 Å². The Morgan fingerprint density at radius 2 is 1.71 bits per heavy atom. The quantitative estimate of drug-likeness (QED) is 0.622. The predicted molar refractivity (Wildman–Crippen MR) is 90.2 cm³/mol. The van der Waals surface area contributed by atoms with Crippen molar-refractivity contribution in [1.29, 1.82) is 0 Å². The molecule has 0 spiro atoms. The van der Waals surface area contributed by atoms with E-state index in [0.29, 0.717) is 3.12 Å². The molecule has 1 aromatic heterocycles. The van der Waals surface area contributed by atoms with Gasteiger partial charge in [-0.3, -0.25) is 0 Å². The van der Waals surface area contributed by atoms with Crippen molar-refractivity contribution in [3.63, 3.8) is 0 Å². The first kappa shape index (κ1) is 20.0. The first-order chi connectivity index (χ1) is 10.5. The number of nitrogens with one attached hydrogen (secondary N) is 1. The smallest absolute Gasteiger partial charge is 1.00 e. The first-order valence-electron chi connectivity index (χ1n) is 8.21. The zero-order valence-electron chi connectivity index (χ0n) is 14.8. The number of H-pyrrole nitrogens is 1. The molecule has 126 valence electrons. The second-order valence-corrected chi connectivity index (χ2v) is 10.8. The van der Waals surface area contributed by atoms with Gasteiger partial charge in [-0.1, -0.05) is 0 Å². The third kappa shape index (κ3) is 2.44. The average molecular weight is 440 g/mol. The minimum atomic E-state index is -0.755. The molecule has 2 aliphatic carbocycles. The van der Waals surface area contributed by atoms with Crippen LogP contribution in [0.3, 0.4) is 0 Å². The first-order valence-corrected chi connectivity index (χ1v) is 10.7. The van der Waals surface area contributed by atoms with Crippen LogP contribution in [0, 0.1) is 12.8 Å². The zero-order valence-corrected chi connectivity index (χ0v) is 18.8. The van der Waals surface area contributed by atoms with Gasteiger partial charge in [0.15, 0.2) is 0 Å². The number of allylic oxidation sites excluding steroid dienone is 4. The van der Waals surface area contributed by atoms with Crippen molar-refractivity contribution in [2.75, 3.05) is 0 Å². The molecule has 2 atom stereocenters. The summed E-state index contributed by atoms with van der Waals surface area (Å²) in [6, 6.07) is 8.77. The van der Waals surface area contributed by atoms with Crippen LogP contribution in [0.5, 0.6) is 0 Å². The second kappa shape index (κ2) is 6.78. The molecule has 1 saturated carbocycles. The van der Waals surface area contributed by atoms with E-state index in [2.05, 4.69) is 63.9 Å². The molecule has 1 aromatic carbocycles. The van der Waals surface area contributed by atoms with Crippen LogP contribution in [-0.4, -0.2) is 4.98 Å². The molecule has 4 rings (SSSR count). The van der Waals surface area contributed by atoms with Crippen LogP contribution in [0.2, 0.25) is 3.12 Å². The molecule has 2 aromatic rings. The van der Waals surface area contributed by atoms with Crippen LogP contribution in [0.4, 0.5) is 0 Å². The number of halogens is 2. The Hall–Kier alpha value is -0.297. The van der Waals surface area contributed by atoms with Gasteiger partial charge in [0.25, 0.3) is 0 Å². The van der Waals surface area contributed by atoms with Gasteiger partial charge >= 0.3 is 145 Å². The van der Waals surface area contributed by atoms with Gasteiger partial charge in [0.1, 0.15) is 0 Å². The number of aromatic amines is 1. The van der Waals surface area contributed by atoms with E-state index < -0.39 is 23.2 Å². The fraction of sp³-hybridized carbons (Fsp3) is 0.400. The summed E-state index contributed by atoms with van der Waals surface area (Å²) in [7, 11) is 0. The number of benzene rings is 1. The Labute approximate surface area is 168 Å². The van der Waals surface area contributed by atoms with Crippen molar-refractivity contribution in [1.82, 2.24) is 4.98 Å². The number of aryl methyl sites for hydroxylation is 1. The third-order valence-electron chi connectivity index (χ3n) is 6.18. The molecule has 0 radical (unpaired) electrons. The summed E-state index contributed by atoms with van der Waals surface area (Å²) in [5, 5.41) is 1.42. The van der Waals surface area contributed by atoms with Crippen LogP contribution in [0.15, 0.2) is 46.6 Å². The van der Waals surface area contributed by atoms with Crippen LogP contribution in [0.25, 0.3) is 10.9 Å². The Morgan fingerprint density at radius 3 is 2.29 bits per heavy atom. The Kier molecular flexibility index (Phi) is 5.66. The van der Waals surface area contributed by atoms with E-state index in [9.17, 15) is 0 Å². The SMILES string of the molecule is CC1=C(C)[C]2([Zr+2][c]3[nH]c4ccccc4c3C)C(=C1C)CC2C.[Cl-].[Cl-]. The fourth-order valence-electron chi connectivity index (χ4n) is 4.53. The van der Waals surface area contributed by atoms with Gasteiger partial charge < -0.3 is 24.8 Å². The van der Waals surface area contributed by atoms with Crippen molar-refractivity contribution in [3.8, 4) is 0 Å². The molecule has 1 heterocycles. The number of aromatic nitrogens is 1. The number of hydrogen-bond donors (Lipinski definition) is 1. The van der Waals surface area contributed by atoms with E-state index in [1.807, 2.05) is 0 Å². The summed E-state index contributed by atoms with van der Waals surface area (Å²) in [6.45, 7) is 11.9. The molecule has 0 saturated heterocycles. The molecule has 24 heavy (non-hydrogen) atoms. The maximum Gasteiger partial charge on any atom is -1.00 e. The van der Waals surface area contributed by atoms with Gasteiger partial charge in [-0.15, -0.1) is 0 Å². The van der Waals surface area contributed by atoms with Gasteiger partial charge in [0.05, 0.1) is 0 Å². The van der Waals surface area contributed by atoms with E-state index in [1.54, 1.807) is 25.7 Å². The van der Waals surface area contributed by atoms with Gasteiger partial charge in [0.2, 0.25) is 0 Å². The zero-order chi connectivity index (χ0) is 15.6. The molecule has 2 aliphatic rings. The van der Waals surface area contributed by atoms with Crippen molar-refractivity contribution >= 4 is 14.3 Å². The monoisotopic (exact) mass is 437 g/mol. The molecule has 1 N–H and O–H groups in total. The second-order valence-electron chi connectivity index (χ2n) is 7.06. The predicted octanol–water partition coefficient (Wildman–Crippen LogP) is -0.943. The summed E-state index contributed by atoms with van der Waals surface area (Å²) < 4.78 is 2.05. The van der Waals surface area contributed by atoms with E-state index >= 15 is 0 Å². The van der Waals surface area contributed by atoms with Gasteiger partial charge in [0, 0.05) is 0 Å². The van der Waals surface area contributed by atoms with Crippen LogP contribution < -0.4 is 28.2 Å². The number of para-hydroxylation sites is 1. The standard InChI is InChI=1S/C11H15.C9H8N.2ClH.Zr/c1-6-5-10-8(3)7(2)9(4)11(6)10;1-7-6-10-9-5-3-2-4-8(7)9;;;/h6H,5H2,1-4H3;2-5,10H,1H3;2*1H;/q;;;;+2/p-2. The van der Waals surface area contributed by atoms with E-state index in [-0.39, 0.29) is 24.8 Å². The van der Waals surface area contributed by atoms with Crippen molar-refractivity contribution < 1.29 is 48.0 Å². The van der Waals surface area contributed by atoms with E-state index in [0.717, 1.165) is 5.92 Å². The maximum absolute atomic E-state index is 3.77. The topological polar surface area (TPSA) is 15.8 Å². The molecule has 0 aliphatic heterocycles. The molecular formula is C20H23Cl2NZr. The molecule has 0 bridgehead atoms. The Morgan fingerprint density at radius 1 is 1.04 bits per heavy atom. The fourth-order valence-corrected chi connectivity index (χ4v) is 9.64. The Bertz CT molecular complexity index is 842. The number of hydrogen-bond acceptors (Lipinski definition) is 0. The molecule has 2 unspecified atom stereocenters. The summed E-state index contributed by atoms with van der Waals surface area (Å²) in [6.07, 6.45) is 1.32. The molecule has 0 amide bonds. The van der Waals surface area contributed by atoms with Crippen molar-refractivity contribution in [2.24, 2.45) is 5.92 Å². The summed E-state index contributed by atoms with van der Waals surface area (Å²) >= 11 is -0.755. The van der Waals surface area contributed by atoms with Crippen LogP contribution >= 0.6 is 0 Å². The molecule has 1 fully saturated rings. The number of fused-ring (bicyclic) bond motifs is 2. The minimum Gasteiger partial charge on any atom is -1.00 e. The van der Waals surface area contributed by atoms with Crippen molar-refractivity contribution in [2.45, 2.75) is 44.2 Å². The molecule has 1 nitrogen and oxygen atoms in total. The van der Waals surface area contributed by atoms with Gasteiger partial charge in [-0.2, -0.15) is 0 Å². The normalized spacial score (nSPS) is 25.0. The largest absolute Gasteiger partial charge is 1.00 e. The summed E-state index contributed by atoms with van der Waals surface area (Å²) in [5.74, 6) is 0.826. The number of rotatable bonds is 2.